The molecule has 0 fully saturated rings. The van der Waals surface area contributed by atoms with Crippen LogP contribution in [0.3, 0.4) is 0 Å². The number of benzene rings is 1. The molecule has 0 aliphatic heterocycles. The predicted molar refractivity (Wildman–Crippen MR) is 82.1 cm³/mol. The lowest BCUT2D eigenvalue weighted by Gasteiger charge is -2.12. The summed E-state index contributed by atoms with van der Waals surface area (Å²) in [6.45, 7) is 2.20. The Morgan fingerprint density at radius 1 is 1.32 bits per heavy atom. The molecule has 0 spiro atoms. The number of rotatable bonds is 7. The molecule has 0 aliphatic carbocycles. The first-order valence-corrected chi connectivity index (χ1v) is 8.04. The zero-order chi connectivity index (χ0) is 13.5. The molecule has 6 heteroatoms. The van der Waals surface area contributed by atoms with Crippen LogP contribution >= 0.6 is 24.4 Å². The Bertz CT molecular complexity index is 486. The lowest BCUT2D eigenvalue weighted by atomic mass is 10.1. The number of aromatic nitrogens is 4. The van der Waals surface area contributed by atoms with Crippen LogP contribution in [0.5, 0.6) is 0 Å². The minimum atomic E-state index is 0.610. The van der Waals surface area contributed by atoms with Crippen LogP contribution in [0.15, 0.2) is 35.5 Å². The fraction of sp³-hybridized carbons (Fsp3) is 0.462. The van der Waals surface area contributed by atoms with Gasteiger partial charge < -0.3 is 0 Å². The van der Waals surface area contributed by atoms with Gasteiger partial charge in [-0.05, 0) is 40.7 Å². The fourth-order valence-electron chi connectivity index (χ4n) is 1.83. The number of para-hydroxylation sites is 1. The third-order valence-electron chi connectivity index (χ3n) is 2.84. The average Bonchev–Trinajstić information content (AvgIpc) is 2.93. The van der Waals surface area contributed by atoms with Crippen molar-refractivity contribution in [1.29, 1.82) is 0 Å². The van der Waals surface area contributed by atoms with Crippen LogP contribution in [0.4, 0.5) is 0 Å². The second-order valence-corrected chi connectivity index (χ2v) is 5.71. The second kappa shape index (κ2) is 7.55. The summed E-state index contributed by atoms with van der Waals surface area (Å²) in [6, 6.07) is 9.96. The Balaban J connectivity index is 2.04. The Labute approximate surface area is 123 Å². The van der Waals surface area contributed by atoms with Crippen molar-refractivity contribution in [3.8, 4) is 5.69 Å². The van der Waals surface area contributed by atoms with Crippen LogP contribution in [-0.4, -0.2) is 31.7 Å². The van der Waals surface area contributed by atoms with E-state index in [-0.39, 0.29) is 0 Å². The molecule has 0 saturated carbocycles. The van der Waals surface area contributed by atoms with Crippen molar-refractivity contribution in [1.82, 2.24) is 20.2 Å². The molecule has 0 bridgehead atoms. The maximum Gasteiger partial charge on any atom is 0.214 e. The summed E-state index contributed by atoms with van der Waals surface area (Å²) < 4.78 is 1.78. The van der Waals surface area contributed by atoms with E-state index in [1.807, 2.05) is 30.3 Å². The van der Waals surface area contributed by atoms with Crippen LogP contribution in [0.25, 0.3) is 5.69 Å². The number of thioether (sulfide) groups is 1. The molecular formula is C13H18N4S2. The normalized spacial score (nSPS) is 12.5. The van der Waals surface area contributed by atoms with Gasteiger partial charge in [0.25, 0.3) is 0 Å². The maximum absolute atomic E-state index is 4.40. The third-order valence-corrected chi connectivity index (χ3v) is 4.51. The topological polar surface area (TPSA) is 43.6 Å². The summed E-state index contributed by atoms with van der Waals surface area (Å²) in [5, 5.41) is 12.8. The quantitative estimate of drug-likeness (QED) is 0.629. The van der Waals surface area contributed by atoms with Gasteiger partial charge in [-0.2, -0.15) is 17.3 Å². The standard InChI is InChI=1S/C13H18N4S2/c1-2-6-11(9-18)10-19-13-14-15-16-17(13)12-7-4-3-5-8-12/h3-5,7-8,11,18H,2,6,9-10H2,1H3. The van der Waals surface area contributed by atoms with Crippen molar-refractivity contribution in [2.45, 2.75) is 24.9 Å². The molecule has 2 aromatic rings. The number of tetrazole rings is 1. The van der Waals surface area contributed by atoms with Crippen molar-refractivity contribution in [3.05, 3.63) is 30.3 Å². The van der Waals surface area contributed by atoms with Crippen LogP contribution in [-0.2, 0) is 0 Å². The van der Waals surface area contributed by atoms with Crippen LogP contribution in [0.1, 0.15) is 19.8 Å². The van der Waals surface area contributed by atoms with E-state index in [0.717, 1.165) is 22.3 Å². The van der Waals surface area contributed by atoms with Gasteiger partial charge in [0.2, 0.25) is 5.16 Å². The number of hydrogen-bond acceptors (Lipinski definition) is 5. The molecule has 0 amide bonds. The molecule has 19 heavy (non-hydrogen) atoms. The monoisotopic (exact) mass is 294 g/mol. The number of nitrogens with zero attached hydrogens (tertiary/aromatic N) is 4. The number of hydrogen-bond donors (Lipinski definition) is 1. The summed E-state index contributed by atoms with van der Waals surface area (Å²) in [7, 11) is 0. The van der Waals surface area contributed by atoms with Crippen molar-refractivity contribution in [2.75, 3.05) is 11.5 Å². The van der Waals surface area contributed by atoms with Crippen LogP contribution in [0, 0.1) is 5.92 Å². The van der Waals surface area contributed by atoms with Gasteiger partial charge in [-0.3, -0.25) is 0 Å². The lowest BCUT2D eigenvalue weighted by molar-refractivity contribution is 0.594. The average molecular weight is 294 g/mol. The zero-order valence-corrected chi connectivity index (χ0v) is 12.6. The molecule has 102 valence electrons. The van der Waals surface area contributed by atoms with Gasteiger partial charge in [0.05, 0.1) is 5.69 Å². The van der Waals surface area contributed by atoms with Crippen molar-refractivity contribution >= 4 is 24.4 Å². The maximum atomic E-state index is 4.40. The summed E-state index contributed by atoms with van der Waals surface area (Å²) in [5.41, 5.74) is 0.993. The van der Waals surface area contributed by atoms with Gasteiger partial charge in [0, 0.05) is 5.75 Å². The van der Waals surface area contributed by atoms with Gasteiger partial charge in [-0.25, -0.2) is 0 Å². The number of thiol groups is 1. The van der Waals surface area contributed by atoms with E-state index in [1.54, 1.807) is 16.4 Å². The molecule has 4 nitrogen and oxygen atoms in total. The predicted octanol–water partition coefficient (Wildman–Crippen LogP) is 3.10. The summed E-state index contributed by atoms with van der Waals surface area (Å²) in [4.78, 5) is 0. The zero-order valence-electron chi connectivity index (χ0n) is 10.9. The Hall–Kier alpha value is -1.01. The van der Waals surface area contributed by atoms with E-state index in [2.05, 4.69) is 35.1 Å². The fourth-order valence-corrected chi connectivity index (χ4v) is 3.34. The second-order valence-electron chi connectivity index (χ2n) is 4.36. The highest BCUT2D eigenvalue weighted by atomic mass is 32.2. The summed E-state index contributed by atoms with van der Waals surface area (Å²) in [5.74, 6) is 2.53. The molecule has 0 radical (unpaired) electrons. The minimum absolute atomic E-state index is 0.610. The van der Waals surface area contributed by atoms with Gasteiger partial charge in [0.1, 0.15) is 0 Å². The first kappa shape index (κ1) is 14.4. The first-order chi connectivity index (χ1) is 9.35. The van der Waals surface area contributed by atoms with Crippen molar-refractivity contribution < 1.29 is 0 Å². The molecular weight excluding hydrogens is 276 g/mol. The van der Waals surface area contributed by atoms with Gasteiger partial charge in [0.15, 0.2) is 0 Å². The molecule has 1 aromatic carbocycles. The van der Waals surface area contributed by atoms with Crippen LogP contribution < -0.4 is 0 Å². The van der Waals surface area contributed by atoms with E-state index < -0.39 is 0 Å². The molecule has 0 saturated heterocycles. The molecule has 1 heterocycles. The van der Waals surface area contributed by atoms with Crippen molar-refractivity contribution in [3.63, 3.8) is 0 Å². The molecule has 0 aliphatic rings. The summed E-state index contributed by atoms with van der Waals surface area (Å²) in [6.07, 6.45) is 2.39. The lowest BCUT2D eigenvalue weighted by Crippen LogP contribution is -2.07. The van der Waals surface area contributed by atoms with E-state index in [0.29, 0.717) is 5.92 Å². The smallest absolute Gasteiger partial charge is 0.188 e. The Morgan fingerprint density at radius 2 is 2.11 bits per heavy atom. The van der Waals surface area contributed by atoms with E-state index in [1.165, 1.54) is 12.8 Å². The SMILES string of the molecule is CCCC(CS)CSc1nnnn1-c1ccccc1. The van der Waals surface area contributed by atoms with Gasteiger partial charge >= 0.3 is 0 Å². The molecule has 0 N–H and O–H groups in total. The van der Waals surface area contributed by atoms with Crippen LogP contribution in [0.2, 0.25) is 0 Å². The van der Waals surface area contributed by atoms with Gasteiger partial charge in [-0.1, -0.05) is 43.3 Å². The third kappa shape index (κ3) is 3.98. The van der Waals surface area contributed by atoms with Crippen molar-refractivity contribution in [2.24, 2.45) is 5.92 Å². The molecule has 1 atom stereocenters. The van der Waals surface area contributed by atoms with E-state index in [4.69, 9.17) is 0 Å². The first-order valence-electron chi connectivity index (χ1n) is 6.42. The molecule has 1 unspecified atom stereocenters. The highest BCUT2D eigenvalue weighted by Gasteiger charge is 2.12. The highest BCUT2D eigenvalue weighted by molar-refractivity contribution is 7.99. The van der Waals surface area contributed by atoms with E-state index in [9.17, 15) is 0 Å². The highest BCUT2D eigenvalue weighted by Crippen LogP contribution is 2.23. The van der Waals surface area contributed by atoms with E-state index >= 15 is 0 Å². The Morgan fingerprint density at radius 3 is 2.79 bits per heavy atom. The van der Waals surface area contributed by atoms with Gasteiger partial charge in [-0.15, -0.1) is 5.10 Å². The largest absolute Gasteiger partial charge is 0.214 e. The summed E-state index contributed by atoms with van der Waals surface area (Å²) >= 11 is 6.10. The Kier molecular flexibility index (Phi) is 5.72. The molecule has 2 rings (SSSR count). The minimum Gasteiger partial charge on any atom is -0.188 e. The molecule has 1 aromatic heterocycles.